The summed E-state index contributed by atoms with van der Waals surface area (Å²) in [6, 6.07) is 0. The summed E-state index contributed by atoms with van der Waals surface area (Å²) in [5.41, 5.74) is 1.11. The van der Waals surface area contributed by atoms with Crippen LogP contribution in [0.15, 0.2) is 0 Å². The van der Waals surface area contributed by atoms with Gasteiger partial charge in [-0.3, -0.25) is 9.59 Å². The highest BCUT2D eigenvalue weighted by Gasteiger charge is 2.30. The maximum atomic E-state index is 12.6. The van der Waals surface area contributed by atoms with Gasteiger partial charge in [0, 0.05) is 32.7 Å². The normalized spacial score (nSPS) is 10.5. The standard InChI is InChI=1S/C16H19I3N2O7/c1-8(25)20-6-9-12(17)11(16(27)28-5-4-23)14(19)15(13(9)18)21(2-3-22)10(26)7-24/h22-24H,2-7H2,1H3,(H,20,25). The summed E-state index contributed by atoms with van der Waals surface area (Å²) in [6.07, 6.45) is 0. The largest absolute Gasteiger partial charge is 0.460 e. The number of ether oxygens (including phenoxy) is 1. The smallest absolute Gasteiger partial charge is 0.340 e. The minimum Gasteiger partial charge on any atom is -0.460 e. The lowest BCUT2D eigenvalue weighted by Gasteiger charge is -2.27. The third-order valence-corrected chi connectivity index (χ3v) is 6.86. The van der Waals surface area contributed by atoms with Crippen LogP contribution in [-0.2, 0) is 20.9 Å². The predicted molar refractivity (Wildman–Crippen MR) is 126 cm³/mol. The van der Waals surface area contributed by atoms with Gasteiger partial charge < -0.3 is 30.3 Å². The van der Waals surface area contributed by atoms with E-state index in [1.807, 2.05) is 67.8 Å². The van der Waals surface area contributed by atoms with E-state index in [2.05, 4.69) is 5.32 Å². The number of hydrogen-bond donors (Lipinski definition) is 4. The van der Waals surface area contributed by atoms with Gasteiger partial charge in [-0.15, -0.1) is 0 Å². The van der Waals surface area contributed by atoms with Gasteiger partial charge in [-0.05, 0) is 67.8 Å². The SMILES string of the molecule is CC(=O)NCc1c(I)c(C(=O)OCCO)c(I)c(N(CCO)C(=O)CO)c1I. The molecule has 0 saturated heterocycles. The van der Waals surface area contributed by atoms with Gasteiger partial charge >= 0.3 is 5.97 Å². The molecular weight excluding hydrogens is 713 g/mol. The van der Waals surface area contributed by atoms with Crippen LogP contribution in [0.25, 0.3) is 0 Å². The van der Waals surface area contributed by atoms with Crippen LogP contribution >= 0.6 is 67.8 Å². The Balaban J connectivity index is 3.71. The molecule has 2 amide bonds. The number of nitrogens with one attached hydrogen (secondary N) is 1. The van der Waals surface area contributed by atoms with Crippen LogP contribution in [0.3, 0.4) is 0 Å². The first-order valence-corrected chi connectivity index (χ1v) is 11.2. The lowest BCUT2D eigenvalue weighted by atomic mass is 10.1. The van der Waals surface area contributed by atoms with Crippen LogP contribution < -0.4 is 10.2 Å². The van der Waals surface area contributed by atoms with Crippen molar-refractivity contribution in [2.24, 2.45) is 0 Å². The zero-order chi connectivity index (χ0) is 21.4. The molecule has 0 fully saturated rings. The van der Waals surface area contributed by atoms with Crippen LogP contribution in [-0.4, -0.2) is 66.1 Å². The van der Waals surface area contributed by atoms with Crippen molar-refractivity contribution >= 4 is 91.2 Å². The van der Waals surface area contributed by atoms with Crippen molar-refractivity contribution in [1.29, 1.82) is 0 Å². The first-order valence-electron chi connectivity index (χ1n) is 7.94. The van der Waals surface area contributed by atoms with Gasteiger partial charge in [0.15, 0.2) is 0 Å². The maximum absolute atomic E-state index is 12.6. The number of anilines is 1. The van der Waals surface area contributed by atoms with Crippen molar-refractivity contribution in [2.45, 2.75) is 13.5 Å². The molecule has 0 aliphatic carbocycles. The summed E-state index contributed by atoms with van der Waals surface area (Å²) >= 11 is 5.87. The van der Waals surface area contributed by atoms with E-state index in [0.29, 0.717) is 22.0 Å². The number of halogens is 3. The second-order valence-corrected chi connectivity index (χ2v) is 8.58. The van der Waals surface area contributed by atoms with Crippen LogP contribution in [0.5, 0.6) is 0 Å². The lowest BCUT2D eigenvalue weighted by Crippen LogP contribution is -2.37. The summed E-state index contributed by atoms with van der Waals surface area (Å²) < 4.78 is 6.58. The third kappa shape index (κ3) is 6.35. The van der Waals surface area contributed by atoms with Gasteiger partial charge in [0.1, 0.15) is 13.2 Å². The average Bonchev–Trinajstić information content (AvgIpc) is 2.64. The molecule has 9 nitrogen and oxygen atoms in total. The number of carbonyl (C=O) groups is 3. The van der Waals surface area contributed by atoms with E-state index >= 15 is 0 Å². The molecule has 1 aromatic carbocycles. The molecule has 0 aromatic heterocycles. The van der Waals surface area contributed by atoms with Crippen molar-refractivity contribution in [3.63, 3.8) is 0 Å². The van der Waals surface area contributed by atoms with E-state index in [4.69, 9.17) is 9.84 Å². The molecule has 0 radical (unpaired) electrons. The second kappa shape index (κ2) is 12.4. The van der Waals surface area contributed by atoms with E-state index in [1.165, 1.54) is 11.8 Å². The Bertz CT molecular complexity index is 758. The van der Waals surface area contributed by atoms with E-state index in [9.17, 15) is 24.6 Å². The predicted octanol–water partition coefficient (Wildman–Crippen LogP) is 0.603. The molecule has 0 unspecified atom stereocenters. The van der Waals surface area contributed by atoms with Gasteiger partial charge in [0.25, 0.3) is 5.91 Å². The number of esters is 1. The fourth-order valence-electron chi connectivity index (χ4n) is 2.24. The Morgan fingerprint density at radius 2 is 1.68 bits per heavy atom. The third-order valence-electron chi connectivity index (χ3n) is 3.46. The summed E-state index contributed by atoms with van der Waals surface area (Å²) in [5.74, 6) is -1.61. The van der Waals surface area contributed by atoms with Crippen LogP contribution in [0.1, 0.15) is 22.8 Å². The van der Waals surface area contributed by atoms with Crippen molar-refractivity contribution in [3.05, 3.63) is 21.8 Å². The zero-order valence-electron chi connectivity index (χ0n) is 14.8. The first kappa shape index (κ1) is 25.7. The Morgan fingerprint density at radius 3 is 2.18 bits per heavy atom. The van der Waals surface area contributed by atoms with Gasteiger partial charge in [-0.1, -0.05) is 0 Å². The molecule has 0 spiro atoms. The van der Waals surface area contributed by atoms with E-state index in [0.717, 1.165) is 0 Å². The number of rotatable bonds is 9. The van der Waals surface area contributed by atoms with E-state index in [1.54, 1.807) is 0 Å². The minimum atomic E-state index is -0.774. The Labute approximate surface area is 202 Å². The average molecular weight is 732 g/mol. The highest BCUT2D eigenvalue weighted by molar-refractivity contribution is 14.1. The second-order valence-electron chi connectivity index (χ2n) is 5.34. The molecule has 0 heterocycles. The quantitative estimate of drug-likeness (QED) is 0.216. The Kier molecular flexibility index (Phi) is 11.4. The number of benzene rings is 1. The Morgan fingerprint density at radius 1 is 1.04 bits per heavy atom. The molecular formula is C16H19I3N2O7. The van der Waals surface area contributed by atoms with Crippen molar-refractivity contribution in [3.8, 4) is 0 Å². The van der Waals surface area contributed by atoms with Crippen molar-refractivity contribution in [2.75, 3.05) is 37.9 Å². The molecule has 0 aliphatic heterocycles. The molecule has 1 rings (SSSR count). The fourth-order valence-corrected chi connectivity index (χ4v) is 6.81. The number of aliphatic hydroxyl groups excluding tert-OH is 3. The summed E-state index contributed by atoms with van der Waals surface area (Å²) in [6.45, 7) is -0.277. The van der Waals surface area contributed by atoms with Gasteiger partial charge in [0.2, 0.25) is 5.91 Å². The number of amides is 2. The monoisotopic (exact) mass is 732 g/mol. The highest BCUT2D eigenvalue weighted by atomic mass is 127. The molecule has 0 atom stereocenters. The number of carbonyl (C=O) groups excluding carboxylic acids is 3. The van der Waals surface area contributed by atoms with Gasteiger partial charge in [-0.2, -0.15) is 0 Å². The Hall–Kier alpha value is -0.300. The van der Waals surface area contributed by atoms with Gasteiger partial charge in [0.05, 0.1) is 28.0 Å². The topological polar surface area (TPSA) is 136 Å². The lowest BCUT2D eigenvalue weighted by molar-refractivity contribution is -0.121. The number of hydrogen-bond acceptors (Lipinski definition) is 7. The zero-order valence-corrected chi connectivity index (χ0v) is 21.3. The minimum absolute atomic E-state index is 0.0866. The molecule has 4 N–H and O–H groups in total. The molecule has 0 bridgehead atoms. The summed E-state index contributed by atoms with van der Waals surface area (Å²) in [5, 5.41) is 30.3. The highest BCUT2D eigenvalue weighted by Crippen LogP contribution is 2.38. The maximum Gasteiger partial charge on any atom is 0.340 e. The summed E-state index contributed by atoms with van der Waals surface area (Å²) in [7, 11) is 0. The van der Waals surface area contributed by atoms with Gasteiger partial charge in [-0.25, -0.2) is 4.79 Å². The molecule has 0 aliphatic rings. The van der Waals surface area contributed by atoms with E-state index < -0.39 is 18.5 Å². The summed E-state index contributed by atoms with van der Waals surface area (Å²) in [4.78, 5) is 37.4. The molecule has 156 valence electrons. The van der Waals surface area contributed by atoms with Crippen LogP contribution in [0, 0.1) is 10.7 Å². The molecule has 0 saturated carbocycles. The van der Waals surface area contributed by atoms with Crippen LogP contribution in [0.4, 0.5) is 5.69 Å². The molecule has 28 heavy (non-hydrogen) atoms. The molecule has 1 aromatic rings. The number of aliphatic hydroxyl groups is 3. The molecule has 12 heteroatoms. The van der Waals surface area contributed by atoms with Crippen molar-refractivity contribution in [1.82, 2.24) is 5.32 Å². The van der Waals surface area contributed by atoms with Crippen molar-refractivity contribution < 1.29 is 34.4 Å². The first-order chi connectivity index (χ1) is 13.2. The fraction of sp³-hybridized carbons (Fsp3) is 0.438. The van der Waals surface area contributed by atoms with Crippen LogP contribution in [0.2, 0.25) is 0 Å². The number of nitrogens with zero attached hydrogens (tertiary/aromatic N) is 1. The van der Waals surface area contributed by atoms with E-state index in [-0.39, 0.29) is 44.4 Å².